The average molecular weight is 245 g/mol. The second-order valence-electron chi connectivity index (χ2n) is 3.20. The van der Waals surface area contributed by atoms with Gasteiger partial charge in [-0.3, -0.25) is 0 Å². The molecule has 0 unspecified atom stereocenters. The van der Waals surface area contributed by atoms with Crippen LogP contribution in [0.1, 0.15) is 5.82 Å². The third-order valence-electron chi connectivity index (χ3n) is 1.93. The Balaban J connectivity index is 2.44. The molecule has 2 aromatic rings. The monoisotopic (exact) mass is 245 g/mol. The molecule has 1 aromatic heterocycles. The predicted octanol–water partition coefficient (Wildman–Crippen LogP) is 2.04. The molecule has 0 radical (unpaired) electrons. The van der Waals surface area contributed by atoms with E-state index in [0.29, 0.717) is 0 Å². The summed E-state index contributed by atoms with van der Waals surface area (Å²) in [6, 6.07) is 3.86. The van der Waals surface area contributed by atoms with Gasteiger partial charge in [0.15, 0.2) is 0 Å². The Morgan fingerprint density at radius 3 is 2.53 bits per heavy atom. The molecule has 1 aromatic carbocycles. The number of alkyl halides is 3. The van der Waals surface area contributed by atoms with E-state index in [1.165, 1.54) is 18.2 Å². The Hall–Kier alpha value is -2.25. The van der Waals surface area contributed by atoms with Gasteiger partial charge < -0.3 is 15.4 Å². The molecule has 17 heavy (non-hydrogen) atoms. The largest absolute Gasteiger partial charge is 0.507 e. The summed E-state index contributed by atoms with van der Waals surface area (Å²) in [4.78, 5) is 3.14. The zero-order valence-corrected chi connectivity index (χ0v) is 8.19. The molecule has 0 aliphatic heterocycles. The lowest BCUT2D eigenvalue weighted by molar-refractivity contribution is -0.146. The number of hydrogen-bond donors (Lipinski definition) is 2. The van der Waals surface area contributed by atoms with Crippen molar-refractivity contribution in [3.8, 4) is 17.2 Å². The minimum atomic E-state index is -4.69. The average Bonchev–Trinajstić information content (AvgIpc) is 2.65. The SMILES string of the molecule is Nc1ccc(-c2nc(C(F)(F)F)no2)c(O)c1. The number of nitrogen functional groups attached to an aromatic ring is 1. The van der Waals surface area contributed by atoms with Gasteiger partial charge in [-0.15, -0.1) is 0 Å². The van der Waals surface area contributed by atoms with Crippen molar-refractivity contribution >= 4 is 5.69 Å². The van der Waals surface area contributed by atoms with Crippen molar-refractivity contribution in [3.05, 3.63) is 24.0 Å². The second kappa shape index (κ2) is 3.65. The summed E-state index contributed by atoms with van der Waals surface area (Å²) in [6.07, 6.45) is -4.69. The highest BCUT2D eigenvalue weighted by Gasteiger charge is 2.37. The van der Waals surface area contributed by atoms with E-state index in [1.54, 1.807) is 0 Å². The Morgan fingerprint density at radius 2 is 2.00 bits per heavy atom. The fourth-order valence-corrected chi connectivity index (χ4v) is 1.18. The van der Waals surface area contributed by atoms with Crippen molar-refractivity contribution in [2.45, 2.75) is 6.18 Å². The first-order valence-corrected chi connectivity index (χ1v) is 4.37. The van der Waals surface area contributed by atoms with E-state index in [-0.39, 0.29) is 17.0 Å². The van der Waals surface area contributed by atoms with Gasteiger partial charge in [-0.1, -0.05) is 5.16 Å². The van der Waals surface area contributed by atoms with Gasteiger partial charge in [0.2, 0.25) is 0 Å². The normalized spacial score (nSPS) is 11.7. The molecule has 0 spiro atoms. The van der Waals surface area contributed by atoms with Gasteiger partial charge in [0, 0.05) is 11.8 Å². The van der Waals surface area contributed by atoms with E-state index in [4.69, 9.17) is 5.73 Å². The maximum Gasteiger partial charge on any atom is 0.455 e. The summed E-state index contributed by atoms with van der Waals surface area (Å²) in [7, 11) is 0. The van der Waals surface area contributed by atoms with Crippen LogP contribution in [0.15, 0.2) is 22.7 Å². The number of aromatic nitrogens is 2. The number of phenols is 1. The molecule has 1 heterocycles. The number of anilines is 1. The Kier molecular flexibility index (Phi) is 2.41. The lowest BCUT2D eigenvalue weighted by Gasteiger charge is -2.00. The van der Waals surface area contributed by atoms with Gasteiger partial charge in [-0.2, -0.15) is 18.2 Å². The smallest absolute Gasteiger partial charge is 0.455 e. The zero-order chi connectivity index (χ0) is 12.6. The van der Waals surface area contributed by atoms with Crippen LogP contribution < -0.4 is 5.73 Å². The van der Waals surface area contributed by atoms with E-state index < -0.39 is 17.9 Å². The van der Waals surface area contributed by atoms with E-state index >= 15 is 0 Å². The highest BCUT2D eigenvalue weighted by atomic mass is 19.4. The van der Waals surface area contributed by atoms with Crippen LogP contribution in [0.2, 0.25) is 0 Å². The molecule has 0 saturated heterocycles. The second-order valence-corrected chi connectivity index (χ2v) is 3.20. The minimum Gasteiger partial charge on any atom is -0.507 e. The lowest BCUT2D eigenvalue weighted by atomic mass is 10.2. The lowest BCUT2D eigenvalue weighted by Crippen LogP contribution is -2.07. The van der Waals surface area contributed by atoms with Crippen molar-refractivity contribution in [1.82, 2.24) is 10.1 Å². The van der Waals surface area contributed by atoms with E-state index in [0.717, 1.165) is 0 Å². The van der Waals surface area contributed by atoms with Crippen LogP contribution in [0.4, 0.5) is 18.9 Å². The molecule has 2 rings (SSSR count). The number of benzene rings is 1. The van der Waals surface area contributed by atoms with Crippen LogP contribution in [0.5, 0.6) is 5.75 Å². The quantitative estimate of drug-likeness (QED) is 0.751. The van der Waals surface area contributed by atoms with Crippen LogP contribution in [0.3, 0.4) is 0 Å². The third kappa shape index (κ3) is 2.14. The number of aromatic hydroxyl groups is 1. The Labute approximate surface area is 92.7 Å². The van der Waals surface area contributed by atoms with Crippen molar-refractivity contribution in [3.63, 3.8) is 0 Å². The summed E-state index contributed by atoms with van der Waals surface area (Å²) in [5.41, 5.74) is 5.63. The molecule has 0 fully saturated rings. The van der Waals surface area contributed by atoms with Crippen LogP contribution >= 0.6 is 0 Å². The van der Waals surface area contributed by atoms with Crippen molar-refractivity contribution < 1.29 is 22.8 Å². The molecule has 0 saturated carbocycles. The van der Waals surface area contributed by atoms with Gasteiger partial charge >= 0.3 is 6.18 Å². The molecule has 0 atom stereocenters. The standard InChI is InChI=1S/C9H6F3N3O2/c10-9(11,12)8-14-7(17-15-8)5-2-1-4(13)3-6(5)16/h1-3,16H,13H2. The summed E-state index contributed by atoms with van der Waals surface area (Å²) in [5.74, 6) is -2.15. The predicted molar refractivity (Wildman–Crippen MR) is 50.8 cm³/mol. The van der Waals surface area contributed by atoms with Crippen LogP contribution in [-0.2, 0) is 6.18 Å². The Bertz CT molecular complexity index is 551. The molecule has 0 amide bonds. The van der Waals surface area contributed by atoms with Crippen LogP contribution in [-0.4, -0.2) is 15.2 Å². The molecule has 5 nitrogen and oxygen atoms in total. The van der Waals surface area contributed by atoms with Gasteiger partial charge in [0.1, 0.15) is 5.75 Å². The topological polar surface area (TPSA) is 85.2 Å². The van der Waals surface area contributed by atoms with E-state index in [9.17, 15) is 18.3 Å². The van der Waals surface area contributed by atoms with Crippen molar-refractivity contribution in [1.29, 1.82) is 0 Å². The third-order valence-corrected chi connectivity index (χ3v) is 1.93. The molecular formula is C9H6F3N3O2. The number of nitrogens with zero attached hydrogens (tertiary/aromatic N) is 2. The summed E-state index contributed by atoms with van der Waals surface area (Å²) < 4.78 is 41.1. The molecule has 0 bridgehead atoms. The number of nitrogens with two attached hydrogens (primary N) is 1. The van der Waals surface area contributed by atoms with Gasteiger partial charge in [-0.25, -0.2) is 0 Å². The fourth-order valence-electron chi connectivity index (χ4n) is 1.18. The highest BCUT2D eigenvalue weighted by molar-refractivity contribution is 5.66. The molecule has 0 aliphatic rings. The number of halogens is 3. The van der Waals surface area contributed by atoms with E-state index in [2.05, 4.69) is 14.7 Å². The first-order valence-electron chi connectivity index (χ1n) is 4.37. The molecule has 3 N–H and O–H groups in total. The van der Waals surface area contributed by atoms with Crippen molar-refractivity contribution in [2.75, 3.05) is 5.73 Å². The van der Waals surface area contributed by atoms with E-state index in [1.807, 2.05) is 0 Å². The number of phenolic OH excluding ortho intramolecular Hbond substituents is 1. The summed E-state index contributed by atoms with van der Waals surface area (Å²) in [6.45, 7) is 0. The van der Waals surface area contributed by atoms with Crippen molar-refractivity contribution in [2.24, 2.45) is 0 Å². The number of rotatable bonds is 1. The number of hydrogen-bond acceptors (Lipinski definition) is 5. The van der Waals surface area contributed by atoms with Gasteiger partial charge in [0.05, 0.1) is 5.56 Å². The highest BCUT2D eigenvalue weighted by Crippen LogP contribution is 2.32. The zero-order valence-electron chi connectivity index (χ0n) is 8.19. The molecule has 8 heteroatoms. The molecule has 90 valence electrons. The fraction of sp³-hybridized carbons (Fsp3) is 0.111. The first kappa shape index (κ1) is 11.2. The van der Waals surface area contributed by atoms with Crippen LogP contribution in [0, 0.1) is 0 Å². The minimum absolute atomic E-state index is 0.0119. The molecular weight excluding hydrogens is 239 g/mol. The Morgan fingerprint density at radius 1 is 1.29 bits per heavy atom. The molecule has 0 aliphatic carbocycles. The van der Waals surface area contributed by atoms with Crippen LogP contribution in [0.25, 0.3) is 11.5 Å². The maximum absolute atomic E-state index is 12.2. The summed E-state index contributed by atoms with van der Waals surface area (Å²) >= 11 is 0. The first-order chi connectivity index (χ1) is 7.88. The van der Waals surface area contributed by atoms with Gasteiger partial charge in [0.25, 0.3) is 11.7 Å². The van der Waals surface area contributed by atoms with Gasteiger partial charge in [-0.05, 0) is 12.1 Å². The maximum atomic E-state index is 12.2. The summed E-state index contributed by atoms with van der Waals surface area (Å²) in [5, 5.41) is 12.2.